The summed E-state index contributed by atoms with van der Waals surface area (Å²) in [4.78, 5) is 24.7. The van der Waals surface area contributed by atoms with Crippen LogP contribution in [0.25, 0.3) is 11.0 Å². The lowest BCUT2D eigenvalue weighted by Gasteiger charge is -2.28. The monoisotopic (exact) mass is 515 g/mol. The number of morpholine rings is 1. The number of rotatable bonds is 6. The molecule has 2 aromatic carbocycles. The van der Waals surface area contributed by atoms with E-state index in [1.165, 1.54) is 6.07 Å². The SMILES string of the molecule is CC(Nc1ccc(F)c(F)c1)c1cc(C(=O)NC2CCCC2)cc2ncc(N3CCOCC3)nc12.S. The zero-order valence-corrected chi connectivity index (χ0v) is 21.2. The number of amides is 1. The minimum absolute atomic E-state index is 0. The van der Waals surface area contributed by atoms with E-state index in [4.69, 9.17) is 9.72 Å². The predicted octanol–water partition coefficient (Wildman–Crippen LogP) is 4.70. The summed E-state index contributed by atoms with van der Waals surface area (Å²) in [5, 5.41) is 6.35. The molecule has 0 bridgehead atoms. The van der Waals surface area contributed by atoms with Gasteiger partial charge < -0.3 is 20.3 Å². The van der Waals surface area contributed by atoms with Crippen LogP contribution in [0.15, 0.2) is 36.5 Å². The predicted molar refractivity (Wildman–Crippen MR) is 141 cm³/mol. The first-order valence-electron chi connectivity index (χ1n) is 12.1. The van der Waals surface area contributed by atoms with Gasteiger partial charge in [-0.2, -0.15) is 13.5 Å². The van der Waals surface area contributed by atoms with Gasteiger partial charge in [0.2, 0.25) is 0 Å². The van der Waals surface area contributed by atoms with Gasteiger partial charge in [0.05, 0.1) is 36.5 Å². The van der Waals surface area contributed by atoms with E-state index in [1.807, 2.05) is 13.0 Å². The second-order valence-corrected chi connectivity index (χ2v) is 9.21. The van der Waals surface area contributed by atoms with Crippen molar-refractivity contribution in [1.29, 1.82) is 0 Å². The Balaban J connectivity index is 0.00000304. The molecular weight excluding hydrogens is 484 g/mol. The van der Waals surface area contributed by atoms with Crippen molar-refractivity contribution in [3.05, 3.63) is 59.3 Å². The van der Waals surface area contributed by atoms with Crippen molar-refractivity contribution in [3.63, 3.8) is 0 Å². The molecule has 2 fully saturated rings. The molecule has 3 aromatic rings. The zero-order chi connectivity index (χ0) is 24.4. The smallest absolute Gasteiger partial charge is 0.251 e. The molecule has 2 N–H and O–H groups in total. The Kier molecular flexibility index (Phi) is 8.25. The van der Waals surface area contributed by atoms with Gasteiger partial charge in [-0.3, -0.25) is 9.78 Å². The normalized spacial score (nSPS) is 17.0. The summed E-state index contributed by atoms with van der Waals surface area (Å²) in [6.07, 6.45) is 5.95. The first kappa shape index (κ1) is 26.1. The third-order valence-corrected chi connectivity index (χ3v) is 6.72. The molecule has 10 heteroatoms. The van der Waals surface area contributed by atoms with Crippen molar-refractivity contribution < 1.29 is 18.3 Å². The Labute approximate surface area is 216 Å². The molecule has 192 valence electrons. The van der Waals surface area contributed by atoms with Gasteiger partial charge in [-0.05, 0) is 44.0 Å². The molecule has 5 rings (SSSR count). The highest BCUT2D eigenvalue weighted by atomic mass is 32.1. The molecule has 1 aromatic heterocycles. The van der Waals surface area contributed by atoms with E-state index in [0.717, 1.165) is 62.3 Å². The highest BCUT2D eigenvalue weighted by molar-refractivity contribution is 7.59. The standard InChI is InChI=1S/C26H29F2N5O2.H2S/c1-16(30-19-6-7-21(27)22(28)14-19)20-12-17(26(34)31-18-4-2-3-5-18)13-23-25(20)32-24(15-29-23)33-8-10-35-11-9-33;/h6-7,12-16,18,30H,2-5,8-11H2,1H3,(H,31,34);1H2. The Bertz CT molecular complexity index is 1230. The number of benzene rings is 2. The largest absolute Gasteiger partial charge is 0.378 e. The van der Waals surface area contributed by atoms with Gasteiger partial charge in [0.15, 0.2) is 11.6 Å². The van der Waals surface area contributed by atoms with Gasteiger partial charge in [-0.1, -0.05) is 12.8 Å². The molecule has 1 aliphatic heterocycles. The molecule has 1 atom stereocenters. The van der Waals surface area contributed by atoms with Crippen molar-refractivity contribution in [2.24, 2.45) is 0 Å². The van der Waals surface area contributed by atoms with Crippen molar-refractivity contribution in [1.82, 2.24) is 15.3 Å². The second-order valence-electron chi connectivity index (χ2n) is 9.21. The maximum Gasteiger partial charge on any atom is 0.251 e. The molecule has 1 amide bonds. The van der Waals surface area contributed by atoms with Crippen molar-refractivity contribution >= 4 is 41.9 Å². The van der Waals surface area contributed by atoms with Crippen LogP contribution < -0.4 is 15.5 Å². The van der Waals surface area contributed by atoms with E-state index >= 15 is 0 Å². The van der Waals surface area contributed by atoms with Gasteiger partial charge in [0, 0.05) is 42.0 Å². The Hall–Kier alpha value is -2.98. The Morgan fingerprint density at radius 1 is 1.11 bits per heavy atom. The molecule has 7 nitrogen and oxygen atoms in total. The maximum absolute atomic E-state index is 13.8. The lowest BCUT2D eigenvalue weighted by atomic mass is 10.0. The highest BCUT2D eigenvalue weighted by Gasteiger charge is 2.22. The van der Waals surface area contributed by atoms with Gasteiger partial charge in [-0.15, -0.1) is 0 Å². The first-order chi connectivity index (χ1) is 17.0. The summed E-state index contributed by atoms with van der Waals surface area (Å²) >= 11 is 0. The van der Waals surface area contributed by atoms with Gasteiger partial charge >= 0.3 is 0 Å². The van der Waals surface area contributed by atoms with E-state index in [1.54, 1.807) is 12.3 Å². The number of carbonyl (C=O) groups is 1. The molecule has 36 heavy (non-hydrogen) atoms. The minimum atomic E-state index is -0.925. The number of anilines is 2. The number of nitrogens with zero attached hydrogens (tertiary/aromatic N) is 3. The van der Waals surface area contributed by atoms with Crippen molar-refractivity contribution in [2.45, 2.75) is 44.7 Å². The van der Waals surface area contributed by atoms with Crippen molar-refractivity contribution in [3.8, 4) is 0 Å². The Morgan fingerprint density at radius 3 is 2.58 bits per heavy atom. The van der Waals surface area contributed by atoms with E-state index in [9.17, 15) is 13.6 Å². The molecule has 1 saturated carbocycles. The third-order valence-electron chi connectivity index (χ3n) is 6.72. The summed E-state index contributed by atoms with van der Waals surface area (Å²) in [7, 11) is 0. The van der Waals surface area contributed by atoms with E-state index in [0.29, 0.717) is 35.5 Å². The summed E-state index contributed by atoms with van der Waals surface area (Å²) in [6, 6.07) is 7.12. The summed E-state index contributed by atoms with van der Waals surface area (Å²) in [5.41, 5.74) is 2.96. The molecule has 1 saturated heterocycles. The van der Waals surface area contributed by atoms with E-state index in [2.05, 4.69) is 20.5 Å². The van der Waals surface area contributed by atoms with Crippen LogP contribution in [0.2, 0.25) is 0 Å². The van der Waals surface area contributed by atoms with Crippen LogP contribution in [0.5, 0.6) is 0 Å². The number of hydrogen-bond donors (Lipinski definition) is 2. The minimum Gasteiger partial charge on any atom is -0.378 e. The first-order valence-corrected chi connectivity index (χ1v) is 12.1. The number of ether oxygens (including phenoxy) is 1. The topological polar surface area (TPSA) is 79.4 Å². The maximum atomic E-state index is 13.8. The number of carbonyl (C=O) groups excluding carboxylic acids is 1. The molecule has 1 unspecified atom stereocenters. The van der Waals surface area contributed by atoms with E-state index in [-0.39, 0.29) is 31.5 Å². The van der Waals surface area contributed by atoms with Crippen LogP contribution >= 0.6 is 13.5 Å². The average molecular weight is 516 g/mol. The van der Waals surface area contributed by atoms with Gasteiger partial charge in [-0.25, -0.2) is 13.8 Å². The molecule has 1 aliphatic carbocycles. The van der Waals surface area contributed by atoms with Crippen LogP contribution in [0, 0.1) is 11.6 Å². The van der Waals surface area contributed by atoms with E-state index < -0.39 is 11.6 Å². The zero-order valence-electron chi connectivity index (χ0n) is 20.2. The molecule has 2 aliphatic rings. The fourth-order valence-corrected chi connectivity index (χ4v) is 4.79. The molecule has 0 radical (unpaired) electrons. The van der Waals surface area contributed by atoms with Crippen LogP contribution in [-0.4, -0.2) is 48.2 Å². The third kappa shape index (κ3) is 5.70. The number of hydrogen-bond acceptors (Lipinski definition) is 6. The summed E-state index contributed by atoms with van der Waals surface area (Å²) < 4.78 is 32.7. The number of fused-ring (bicyclic) bond motifs is 1. The van der Waals surface area contributed by atoms with Crippen LogP contribution in [0.3, 0.4) is 0 Å². The fourth-order valence-electron chi connectivity index (χ4n) is 4.79. The van der Waals surface area contributed by atoms with Crippen LogP contribution in [0.1, 0.15) is 54.6 Å². The highest BCUT2D eigenvalue weighted by Crippen LogP contribution is 2.29. The number of aromatic nitrogens is 2. The fraction of sp³-hybridized carbons (Fsp3) is 0.423. The quantitative estimate of drug-likeness (QED) is 0.495. The van der Waals surface area contributed by atoms with Gasteiger partial charge in [0.25, 0.3) is 5.91 Å². The van der Waals surface area contributed by atoms with Crippen LogP contribution in [0.4, 0.5) is 20.3 Å². The summed E-state index contributed by atoms with van der Waals surface area (Å²) in [6.45, 7) is 4.60. The Morgan fingerprint density at radius 2 is 1.86 bits per heavy atom. The van der Waals surface area contributed by atoms with Crippen molar-refractivity contribution in [2.75, 3.05) is 36.5 Å². The lowest BCUT2D eigenvalue weighted by molar-refractivity contribution is 0.0938. The summed E-state index contributed by atoms with van der Waals surface area (Å²) in [5.74, 6) is -1.23. The molecule has 0 spiro atoms. The number of nitrogens with one attached hydrogen (secondary N) is 2. The molecular formula is C26H31F2N5O2S. The molecule has 2 heterocycles. The second kappa shape index (κ2) is 11.4. The van der Waals surface area contributed by atoms with Crippen LogP contribution in [-0.2, 0) is 4.74 Å². The number of halogens is 2. The van der Waals surface area contributed by atoms with Gasteiger partial charge in [0.1, 0.15) is 5.82 Å². The average Bonchev–Trinajstić information content (AvgIpc) is 3.39. The lowest BCUT2D eigenvalue weighted by Crippen LogP contribution is -2.36.